The first kappa shape index (κ1) is 31.1. The molecule has 2 heterocycles. The number of anilines is 1. The molecule has 0 saturated carbocycles. The number of nitrogens with one attached hydrogen (secondary N) is 1. The van der Waals surface area contributed by atoms with Gasteiger partial charge >= 0.3 is 0 Å². The van der Waals surface area contributed by atoms with Gasteiger partial charge in [0.25, 0.3) is 0 Å². The number of hydrogen-bond acceptors (Lipinski definition) is 2. The van der Waals surface area contributed by atoms with Gasteiger partial charge < -0.3 is 10.1 Å². The Balaban J connectivity index is 1.18. The van der Waals surface area contributed by atoms with Gasteiger partial charge in [0.2, 0.25) is 5.69 Å². The molecule has 1 aliphatic carbocycles. The van der Waals surface area contributed by atoms with E-state index in [4.69, 9.17) is 0 Å². The van der Waals surface area contributed by atoms with Crippen molar-refractivity contribution in [1.82, 2.24) is 0 Å². The molecule has 3 nitrogen and oxygen atoms in total. The molecule has 3 heteroatoms. The van der Waals surface area contributed by atoms with Gasteiger partial charge in [0, 0.05) is 47.3 Å². The van der Waals surface area contributed by atoms with Gasteiger partial charge in [0.05, 0.1) is 5.41 Å². The van der Waals surface area contributed by atoms with Crippen molar-refractivity contribution in [3.8, 4) is 0 Å². The highest BCUT2D eigenvalue weighted by atomic mass is 16.1. The lowest BCUT2D eigenvalue weighted by molar-refractivity contribution is -0.438. The highest BCUT2D eigenvalue weighted by molar-refractivity contribution is 6.07. The van der Waals surface area contributed by atoms with Gasteiger partial charge in [-0.3, -0.25) is 0 Å². The molecule has 0 radical (unpaired) electrons. The summed E-state index contributed by atoms with van der Waals surface area (Å²) in [6.45, 7) is 10.4. The molecule has 0 bridgehead atoms. The normalized spacial score (nSPS) is 19.9. The van der Waals surface area contributed by atoms with E-state index in [0.717, 1.165) is 51.4 Å². The average Bonchev–Trinajstić information content (AvgIpc) is 3.47. The van der Waals surface area contributed by atoms with Crippen LogP contribution in [0.4, 0.5) is 11.4 Å². The second kappa shape index (κ2) is 12.6. The maximum Gasteiger partial charge on any atom is 0.210 e. The highest BCUT2D eigenvalue weighted by Gasteiger charge is 2.45. The van der Waals surface area contributed by atoms with Crippen molar-refractivity contribution in [3.63, 3.8) is 0 Å². The fraction of sp³-hybridized carbons (Fsp3) is 0.318. The van der Waals surface area contributed by atoms with Crippen LogP contribution in [0.1, 0.15) is 83.8 Å². The fourth-order valence-corrected chi connectivity index (χ4v) is 8.20. The molecule has 3 aliphatic rings. The number of hydrogen-bond donors (Lipinski definition) is 1. The summed E-state index contributed by atoms with van der Waals surface area (Å²) >= 11 is 0. The summed E-state index contributed by atoms with van der Waals surface area (Å²) in [5.74, 6) is 0. The number of rotatable bonds is 9. The van der Waals surface area contributed by atoms with Crippen LogP contribution >= 0.6 is 0 Å². The summed E-state index contributed by atoms with van der Waals surface area (Å²) in [4.78, 5) is 10.9. The number of nitrogens with zero attached hydrogens (tertiary/aromatic N) is 1. The zero-order valence-electron chi connectivity index (χ0n) is 28.4. The average molecular weight is 620 g/mol. The molecule has 0 spiro atoms. The Morgan fingerprint density at radius 3 is 2.23 bits per heavy atom. The topological polar surface area (TPSA) is 32.1 Å². The predicted molar refractivity (Wildman–Crippen MR) is 199 cm³/mol. The van der Waals surface area contributed by atoms with E-state index in [-0.39, 0.29) is 10.8 Å². The number of benzene rings is 4. The summed E-state index contributed by atoms with van der Waals surface area (Å²) in [7, 11) is 0. The number of fused-ring (bicyclic) bond motifs is 6. The standard InChI is InChI=1S/C44H46N2O/c1-43(2)39(45-37-24-22-33-16-7-9-18-35(33)41(37)43)26-20-31-14-13-15-32(30-31)21-27-40-44(3,4)42-36-19-10-8-17-34(36)23-25-38(42)46(40)28-11-5-6-12-29-47/h7-10,16-27,29-30H,5-6,11-15,28H2,1-4H3/p+1. The van der Waals surface area contributed by atoms with Gasteiger partial charge in [-0.1, -0.05) is 86.7 Å². The van der Waals surface area contributed by atoms with Crippen molar-refractivity contribution < 1.29 is 9.37 Å². The lowest BCUT2D eigenvalue weighted by Crippen LogP contribution is -2.28. The van der Waals surface area contributed by atoms with Crippen LogP contribution in [0, 0.1) is 0 Å². The van der Waals surface area contributed by atoms with Gasteiger partial charge in [-0.25, -0.2) is 0 Å². The van der Waals surface area contributed by atoms with Gasteiger partial charge in [0.15, 0.2) is 5.71 Å². The van der Waals surface area contributed by atoms with E-state index < -0.39 is 0 Å². The van der Waals surface area contributed by atoms with E-state index in [2.05, 4.69) is 141 Å². The van der Waals surface area contributed by atoms with Crippen LogP contribution in [-0.2, 0) is 15.6 Å². The number of unbranched alkanes of at least 4 members (excludes halogenated alkanes) is 3. The smallest absolute Gasteiger partial charge is 0.210 e. The fourth-order valence-electron chi connectivity index (χ4n) is 8.20. The van der Waals surface area contributed by atoms with Crippen LogP contribution in [0.3, 0.4) is 0 Å². The molecular formula is C44H47N2O+. The first-order chi connectivity index (χ1) is 22.8. The summed E-state index contributed by atoms with van der Waals surface area (Å²) in [6.07, 6.45) is 20.0. The molecule has 0 aromatic heterocycles. The van der Waals surface area contributed by atoms with Crippen LogP contribution in [0.2, 0.25) is 0 Å². The second-order valence-electron chi connectivity index (χ2n) is 14.5. The maximum atomic E-state index is 10.9. The van der Waals surface area contributed by atoms with Crippen LogP contribution in [0.15, 0.2) is 120 Å². The second-order valence-corrected chi connectivity index (χ2v) is 14.5. The molecule has 47 heavy (non-hydrogen) atoms. The van der Waals surface area contributed by atoms with Gasteiger partial charge in [-0.15, -0.1) is 0 Å². The molecule has 0 atom stereocenters. The van der Waals surface area contributed by atoms with Crippen LogP contribution in [0.5, 0.6) is 0 Å². The number of aldehydes is 1. The molecule has 0 saturated heterocycles. The summed E-state index contributed by atoms with van der Waals surface area (Å²) in [6, 6.07) is 26.6. The van der Waals surface area contributed by atoms with Crippen LogP contribution in [0.25, 0.3) is 21.5 Å². The molecule has 0 fully saturated rings. The van der Waals surface area contributed by atoms with E-state index in [1.54, 1.807) is 0 Å². The van der Waals surface area contributed by atoms with Crippen molar-refractivity contribution >= 4 is 44.9 Å². The summed E-state index contributed by atoms with van der Waals surface area (Å²) in [5, 5.41) is 9.02. The minimum atomic E-state index is -0.118. The number of carbonyl (C=O) groups excluding carboxylic acids is 1. The van der Waals surface area contributed by atoms with E-state index in [1.807, 2.05) is 0 Å². The molecular weight excluding hydrogens is 572 g/mol. The first-order valence-electron chi connectivity index (χ1n) is 17.5. The van der Waals surface area contributed by atoms with Gasteiger partial charge in [-0.05, 0) is 102 Å². The Bertz CT molecular complexity index is 2030. The minimum Gasteiger partial charge on any atom is -0.358 e. The molecule has 238 valence electrons. The number of carbonyl (C=O) groups is 1. The summed E-state index contributed by atoms with van der Waals surface area (Å²) < 4.78 is 2.55. The molecule has 2 aliphatic heterocycles. The third-order valence-electron chi connectivity index (χ3n) is 10.7. The largest absolute Gasteiger partial charge is 0.358 e. The Morgan fingerprint density at radius 2 is 1.47 bits per heavy atom. The molecule has 0 unspecified atom stereocenters. The number of allylic oxidation sites excluding steroid dienone is 8. The van der Waals surface area contributed by atoms with Gasteiger partial charge in [0.1, 0.15) is 12.8 Å². The predicted octanol–water partition coefficient (Wildman–Crippen LogP) is 11.0. The summed E-state index contributed by atoms with van der Waals surface area (Å²) in [5.41, 5.74) is 10.6. The quantitative estimate of drug-likeness (QED) is 0.115. The Hall–Kier alpha value is -4.50. The molecule has 4 aromatic rings. The lowest BCUT2D eigenvalue weighted by atomic mass is 9.79. The third-order valence-corrected chi connectivity index (χ3v) is 10.7. The zero-order chi connectivity index (χ0) is 32.6. The lowest BCUT2D eigenvalue weighted by Gasteiger charge is -2.22. The highest BCUT2D eigenvalue weighted by Crippen LogP contribution is 2.47. The van der Waals surface area contributed by atoms with E-state index >= 15 is 0 Å². The first-order valence-corrected chi connectivity index (χ1v) is 17.5. The maximum absolute atomic E-state index is 10.9. The molecule has 0 amide bonds. The van der Waals surface area contributed by atoms with Gasteiger partial charge in [-0.2, -0.15) is 4.58 Å². The molecule has 4 aromatic carbocycles. The van der Waals surface area contributed by atoms with E-state index in [9.17, 15) is 4.79 Å². The van der Waals surface area contributed by atoms with E-state index in [0.29, 0.717) is 6.42 Å². The zero-order valence-corrected chi connectivity index (χ0v) is 28.4. The monoisotopic (exact) mass is 619 g/mol. The Morgan fingerprint density at radius 1 is 0.745 bits per heavy atom. The van der Waals surface area contributed by atoms with Crippen LogP contribution < -0.4 is 5.32 Å². The van der Waals surface area contributed by atoms with Crippen molar-refractivity contribution in [1.29, 1.82) is 0 Å². The van der Waals surface area contributed by atoms with Crippen molar-refractivity contribution in [2.75, 3.05) is 11.9 Å². The minimum absolute atomic E-state index is 0.0884. The van der Waals surface area contributed by atoms with Crippen LogP contribution in [-0.4, -0.2) is 23.1 Å². The van der Waals surface area contributed by atoms with Crippen molar-refractivity contribution in [3.05, 3.63) is 131 Å². The van der Waals surface area contributed by atoms with Crippen molar-refractivity contribution in [2.45, 2.75) is 83.5 Å². The third kappa shape index (κ3) is 5.71. The Kier molecular flexibility index (Phi) is 8.34. The SMILES string of the molecule is CC1(C)C(/C=C/C2=CC(=C/C=C3\Nc4ccc5ccccc5c4C3(C)C)/CCC2)=[N+](CCCCCC=O)c2ccc3ccccc3c21. The van der Waals surface area contributed by atoms with Crippen molar-refractivity contribution in [2.24, 2.45) is 0 Å². The molecule has 7 rings (SSSR count). The Labute approximate surface area is 280 Å². The molecule has 1 N–H and O–H groups in total. The van der Waals surface area contributed by atoms with E-state index in [1.165, 1.54) is 66.6 Å².